The van der Waals surface area contributed by atoms with Crippen LogP contribution in [0.15, 0.2) is 134 Å². The van der Waals surface area contributed by atoms with Crippen LogP contribution in [-0.2, 0) is 6.42 Å². The molecule has 5 nitrogen and oxygen atoms in total. The van der Waals surface area contributed by atoms with E-state index in [0.29, 0.717) is 0 Å². The van der Waals surface area contributed by atoms with Gasteiger partial charge in [-0.3, -0.25) is 4.57 Å². The fourth-order valence-corrected chi connectivity index (χ4v) is 7.07. The summed E-state index contributed by atoms with van der Waals surface area (Å²) >= 11 is 0. The molecule has 5 aromatic carbocycles. The molecule has 0 saturated heterocycles. The van der Waals surface area contributed by atoms with E-state index in [-0.39, 0.29) is 0 Å². The number of benzene rings is 5. The van der Waals surface area contributed by atoms with Gasteiger partial charge in [0.2, 0.25) is 0 Å². The number of ether oxygens (including phenoxy) is 1. The molecule has 49 heavy (non-hydrogen) atoms. The molecule has 0 atom stereocenters. The standard InChI is InChI=1S/C44H38N4O/c1-5-12-32-24-36(48-31(4)44(30(3)46-48)34-15-10-7-11-16-34)27-38(25-32)49-37-18-19-39-40-26-35(33-13-8-6-9-14-33)17-20-41(40)47(42(39)28-37)43-23-29(2)21-22-45-43/h6-11,13-28H,5,12H2,1-4H3. The van der Waals surface area contributed by atoms with Crippen molar-refractivity contribution in [2.24, 2.45) is 0 Å². The smallest absolute Gasteiger partial charge is 0.137 e. The van der Waals surface area contributed by atoms with Gasteiger partial charge in [-0.25, -0.2) is 9.67 Å². The largest absolute Gasteiger partial charge is 0.457 e. The Morgan fingerprint density at radius 1 is 0.633 bits per heavy atom. The number of aryl methyl sites for hydroxylation is 3. The Balaban J connectivity index is 1.24. The molecule has 0 unspecified atom stereocenters. The fraction of sp³-hybridized carbons (Fsp3) is 0.136. The lowest BCUT2D eigenvalue weighted by Crippen LogP contribution is -2.01. The normalized spacial score (nSPS) is 11.4. The summed E-state index contributed by atoms with van der Waals surface area (Å²) in [5.74, 6) is 2.44. The molecular weight excluding hydrogens is 601 g/mol. The van der Waals surface area contributed by atoms with Crippen molar-refractivity contribution in [3.8, 4) is 45.3 Å². The molecule has 8 rings (SSSR count). The first-order valence-corrected chi connectivity index (χ1v) is 17.0. The van der Waals surface area contributed by atoms with E-state index in [0.717, 1.165) is 69.2 Å². The maximum absolute atomic E-state index is 6.73. The van der Waals surface area contributed by atoms with Gasteiger partial charge >= 0.3 is 0 Å². The molecule has 0 saturated carbocycles. The molecule has 0 aliphatic heterocycles. The molecule has 0 amide bonds. The molecule has 3 heterocycles. The molecule has 5 heteroatoms. The Hall–Kier alpha value is -5.94. The second kappa shape index (κ2) is 12.6. The Morgan fingerprint density at radius 3 is 2.16 bits per heavy atom. The van der Waals surface area contributed by atoms with Crippen molar-refractivity contribution in [2.45, 2.75) is 40.5 Å². The van der Waals surface area contributed by atoms with E-state index in [4.69, 9.17) is 14.8 Å². The van der Waals surface area contributed by atoms with Gasteiger partial charge in [0.1, 0.15) is 17.3 Å². The van der Waals surface area contributed by atoms with Gasteiger partial charge < -0.3 is 4.74 Å². The van der Waals surface area contributed by atoms with E-state index in [9.17, 15) is 0 Å². The van der Waals surface area contributed by atoms with Gasteiger partial charge in [-0.1, -0.05) is 80.1 Å². The third kappa shape index (κ3) is 5.67. The summed E-state index contributed by atoms with van der Waals surface area (Å²) in [5, 5.41) is 7.33. The molecule has 0 aliphatic carbocycles. The third-order valence-corrected chi connectivity index (χ3v) is 9.30. The van der Waals surface area contributed by atoms with Crippen molar-refractivity contribution in [3.63, 3.8) is 0 Å². The summed E-state index contributed by atoms with van der Waals surface area (Å²) in [4.78, 5) is 4.81. The fourth-order valence-electron chi connectivity index (χ4n) is 7.07. The number of rotatable bonds is 8. The van der Waals surface area contributed by atoms with E-state index >= 15 is 0 Å². The number of aromatic nitrogens is 4. The molecule has 3 aromatic heterocycles. The van der Waals surface area contributed by atoms with E-state index in [1.165, 1.54) is 33.2 Å². The molecule has 0 N–H and O–H groups in total. The zero-order chi connectivity index (χ0) is 33.5. The monoisotopic (exact) mass is 638 g/mol. The average Bonchev–Trinajstić information content (AvgIpc) is 3.61. The lowest BCUT2D eigenvalue weighted by Gasteiger charge is -2.13. The molecule has 240 valence electrons. The quantitative estimate of drug-likeness (QED) is 0.166. The van der Waals surface area contributed by atoms with Gasteiger partial charge in [0.25, 0.3) is 0 Å². The van der Waals surface area contributed by atoms with Gasteiger partial charge in [0.15, 0.2) is 0 Å². The first-order valence-electron chi connectivity index (χ1n) is 17.0. The number of hydrogen-bond acceptors (Lipinski definition) is 3. The summed E-state index contributed by atoms with van der Waals surface area (Å²) in [5.41, 5.74) is 12.4. The second-order valence-electron chi connectivity index (χ2n) is 12.8. The first kappa shape index (κ1) is 30.4. The molecule has 0 aliphatic rings. The van der Waals surface area contributed by atoms with Gasteiger partial charge in [-0.05, 0) is 104 Å². The Kier molecular flexibility index (Phi) is 7.81. The predicted octanol–water partition coefficient (Wildman–Crippen LogP) is 11.4. The van der Waals surface area contributed by atoms with Gasteiger partial charge in [0.05, 0.1) is 22.4 Å². The highest BCUT2D eigenvalue weighted by Gasteiger charge is 2.18. The second-order valence-corrected chi connectivity index (χ2v) is 12.8. The van der Waals surface area contributed by atoms with Gasteiger partial charge in [0, 0.05) is 40.4 Å². The van der Waals surface area contributed by atoms with Crippen LogP contribution in [0.2, 0.25) is 0 Å². The van der Waals surface area contributed by atoms with Crippen molar-refractivity contribution in [2.75, 3.05) is 0 Å². The molecule has 8 aromatic rings. The summed E-state index contributed by atoms with van der Waals surface area (Å²) in [6.07, 6.45) is 3.87. The van der Waals surface area contributed by atoms with Crippen LogP contribution in [0.1, 0.15) is 35.9 Å². The minimum Gasteiger partial charge on any atom is -0.457 e. The van der Waals surface area contributed by atoms with Crippen molar-refractivity contribution in [1.29, 1.82) is 0 Å². The summed E-state index contributed by atoms with van der Waals surface area (Å²) in [6, 6.07) is 44.8. The van der Waals surface area contributed by atoms with Crippen molar-refractivity contribution in [1.82, 2.24) is 19.3 Å². The Labute approximate surface area is 287 Å². The van der Waals surface area contributed by atoms with Crippen LogP contribution in [0.4, 0.5) is 0 Å². The van der Waals surface area contributed by atoms with Crippen LogP contribution >= 0.6 is 0 Å². The molecule has 0 spiro atoms. The average molecular weight is 639 g/mol. The van der Waals surface area contributed by atoms with E-state index < -0.39 is 0 Å². The van der Waals surface area contributed by atoms with Crippen molar-refractivity contribution >= 4 is 21.8 Å². The molecular formula is C44H38N4O. The zero-order valence-electron chi connectivity index (χ0n) is 28.3. The molecule has 0 fully saturated rings. The lowest BCUT2D eigenvalue weighted by atomic mass is 10.0. The number of nitrogens with zero attached hydrogens (tertiary/aromatic N) is 4. The van der Waals surface area contributed by atoms with Crippen molar-refractivity contribution < 1.29 is 4.74 Å². The van der Waals surface area contributed by atoms with Crippen LogP contribution < -0.4 is 4.74 Å². The maximum atomic E-state index is 6.73. The Morgan fingerprint density at radius 2 is 1.41 bits per heavy atom. The SMILES string of the molecule is CCCc1cc(Oc2ccc3c4cc(-c5ccccc5)ccc4n(-c4cc(C)ccn4)c3c2)cc(-n2nc(C)c(-c3ccccc3)c2C)c1. The lowest BCUT2D eigenvalue weighted by molar-refractivity contribution is 0.482. The van der Waals surface area contributed by atoms with E-state index in [2.05, 4.69) is 152 Å². The van der Waals surface area contributed by atoms with E-state index in [1.54, 1.807) is 0 Å². The van der Waals surface area contributed by atoms with E-state index in [1.807, 2.05) is 18.3 Å². The number of pyridine rings is 1. The van der Waals surface area contributed by atoms with Crippen LogP contribution in [0.3, 0.4) is 0 Å². The highest BCUT2D eigenvalue weighted by Crippen LogP contribution is 2.38. The highest BCUT2D eigenvalue weighted by molar-refractivity contribution is 6.10. The van der Waals surface area contributed by atoms with Crippen LogP contribution in [-0.4, -0.2) is 19.3 Å². The zero-order valence-corrected chi connectivity index (χ0v) is 28.3. The third-order valence-electron chi connectivity index (χ3n) is 9.30. The minimum atomic E-state index is 0.769. The summed E-state index contributed by atoms with van der Waals surface area (Å²) in [7, 11) is 0. The van der Waals surface area contributed by atoms with Crippen LogP contribution in [0.25, 0.3) is 55.6 Å². The molecule has 0 radical (unpaired) electrons. The summed E-state index contributed by atoms with van der Waals surface area (Å²) < 4.78 is 11.0. The highest BCUT2D eigenvalue weighted by atomic mass is 16.5. The Bertz CT molecular complexity index is 2460. The minimum absolute atomic E-state index is 0.769. The predicted molar refractivity (Wildman–Crippen MR) is 201 cm³/mol. The molecule has 0 bridgehead atoms. The topological polar surface area (TPSA) is 44.9 Å². The van der Waals surface area contributed by atoms with Crippen LogP contribution in [0.5, 0.6) is 11.5 Å². The van der Waals surface area contributed by atoms with Gasteiger partial charge in [-0.2, -0.15) is 5.10 Å². The van der Waals surface area contributed by atoms with Crippen molar-refractivity contribution in [3.05, 3.63) is 156 Å². The van der Waals surface area contributed by atoms with Gasteiger partial charge in [-0.15, -0.1) is 0 Å². The summed E-state index contributed by atoms with van der Waals surface area (Å²) in [6.45, 7) is 8.54. The number of hydrogen-bond donors (Lipinski definition) is 0. The number of fused-ring (bicyclic) bond motifs is 3. The maximum Gasteiger partial charge on any atom is 0.137 e. The first-order chi connectivity index (χ1) is 24.0. The van der Waals surface area contributed by atoms with Crippen LogP contribution in [0, 0.1) is 20.8 Å².